The van der Waals surface area contributed by atoms with Crippen molar-refractivity contribution in [2.75, 3.05) is 14.1 Å². The summed E-state index contributed by atoms with van der Waals surface area (Å²) < 4.78 is 15.9. The summed E-state index contributed by atoms with van der Waals surface area (Å²) in [6, 6.07) is 0. The van der Waals surface area contributed by atoms with Crippen molar-refractivity contribution in [2.45, 2.75) is 52.8 Å². The molecular formula is C10H23NO4. The number of aliphatic hydroxyl groups excluding tert-OH is 1. The highest BCUT2D eigenvalue weighted by atomic mass is 16.8. The number of hydrogen-bond acceptors (Lipinski definition) is 5. The van der Waals surface area contributed by atoms with E-state index >= 15 is 0 Å². The third-order valence-corrected chi connectivity index (χ3v) is 1.89. The van der Waals surface area contributed by atoms with E-state index in [0.717, 1.165) is 0 Å². The average Bonchev–Trinajstić information content (AvgIpc) is 2.00. The van der Waals surface area contributed by atoms with Gasteiger partial charge in [-0.15, -0.1) is 0 Å². The number of aliphatic hydroxyl groups is 1. The molecule has 0 aliphatic heterocycles. The van der Waals surface area contributed by atoms with Crippen LogP contribution in [-0.4, -0.2) is 49.2 Å². The number of rotatable bonds is 7. The van der Waals surface area contributed by atoms with Crippen LogP contribution >= 0.6 is 0 Å². The minimum atomic E-state index is -0.835. The molecule has 92 valence electrons. The Bertz CT molecular complexity index is 164. The van der Waals surface area contributed by atoms with E-state index in [1.807, 2.05) is 25.9 Å². The molecule has 1 N–H and O–H groups in total. The highest BCUT2D eigenvalue weighted by Crippen LogP contribution is 2.06. The van der Waals surface area contributed by atoms with E-state index in [0.29, 0.717) is 0 Å². The van der Waals surface area contributed by atoms with Gasteiger partial charge in [-0.1, -0.05) is 0 Å². The monoisotopic (exact) mass is 221 g/mol. The van der Waals surface area contributed by atoms with Gasteiger partial charge in [0, 0.05) is 0 Å². The van der Waals surface area contributed by atoms with Gasteiger partial charge in [0.25, 0.3) is 0 Å². The first-order chi connectivity index (χ1) is 6.82. The Labute approximate surface area is 91.9 Å². The van der Waals surface area contributed by atoms with Gasteiger partial charge in [-0.2, -0.15) is 0 Å². The largest absolute Gasteiger partial charge is 0.368 e. The summed E-state index contributed by atoms with van der Waals surface area (Å²) in [6.07, 6.45) is -1.73. The zero-order chi connectivity index (χ0) is 12.0. The third-order valence-electron chi connectivity index (χ3n) is 1.89. The maximum atomic E-state index is 8.95. The van der Waals surface area contributed by atoms with Crippen molar-refractivity contribution < 1.29 is 19.3 Å². The number of ether oxygens (including phenoxy) is 3. The van der Waals surface area contributed by atoms with Crippen LogP contribution in [0, 0.1) is 0 Å². The number of nitrogens with zero attached hydrogens (tertiary/aromatic N) is 1. The fourth-order valence-corrected chi connectivity index (χ4v) is 1.01. The SMILES string of the molecule is CC(O)OC(C)OC(C)OC(C)N(C)C. The molecule has 0 spiro atoms. The summed E-state index contributed by atoms with van der Waals surface area (Å²) >= 11 is 0. The van der Waals surface area contributed by atoms with E-state index in [4.69, 9.17) is 19.3 Å². The molecule has 5 nitrogen and oxygen atoms in total. The number of hydrogen-bond donors (Lipinski definition) is 1. The predicted octanol–water partition coefficient (Wildman–Crippen LogP) is 0.974. The fraction of sp³-hybridized carbons (Fsp3) is 1.00. The Morgan fingerprint density at radius 3 is 1.73 bits per heavy atom. The van der Waals surface area contributed by atoms with E-state index in [1.54, 1.807) is 13.8 Å². The van der Waals surface area contributed by atoms with Gasteiger partial charge >= 0.3 is 0 Å². The second-order valence-electron chi connectivity index (χ2n) is 3.71. The van der Waals surface area contributed by atoms with Crippen LogP contribution in [0.1, 0.15) is 27.7 Å². The average molecular weight is 221 g/mol. The smallest absolute Gasteiger partial charge is 0.161 e. The molecule has 0 aliphatic rings. The lowest BCUT2D eigenvalue weighted by Crippen LogP contribution is -2.34. The van der Waals surface area contributed by atoms with Crippen LogP contribution in [0.15, 0.2) is 0 Å². The Kier molecular flexibility index (Phi) is 7.04. The Hall–Kier alpha value is -0.200. The van der Waals surface area contributed by atoms with E-state index in [1.165, 1.54) is 6.92 Å². The molecule has 0 amide bonds. The van der Waals surface area contributed by atoms with Crippen LogP contribution in [0.5, 0.6) is 0 Å². The van der Waals surface area contributed by atoms with Crippen molar-refractivity contribution in [1.82, 2.24) is 4.90 Å². The summed E-state index contributed by atoms with van der Waals surface area (Å²) in [5, 5.41) is 8.95. The molecule has 0 aliphatic carbocycles. The molecule has 0 rings (SSSR count). The Morgan fingerprint density at radius 2 is 1.33 bits per heavy atom. The van der Waals surface area contributed by atoms with Crippen LogP contribution in [0.25, 0.3) is 0 Å². The maximum absolute atomic E-state index is 8.95. The topological polar surface area (TPSA) is 51.2 Å². The molecule has 4 atom stereocenters. The first kappa shape index (κ1) is 14.8. The van der Waals surface area contributed by atoms with Crippen LogP contribution in [0.4, 0.5) is 0 Å². The normalized spacial score (nSPS) is 20.0. The summed E-state index contributed by atoms with van der Waals surface area (Å²) in [5.41, 5.74) is 0. The zero-order valence-electron chi connectivity index (χ0n) is 10.4. The van der Waals surface area contributed by atoms with Gasteiger partial charge in [-0.25, -0.2) is 0 Å². The van der Waals surface area contributed by atoms with Crippen molar-refractivity contribution in [3.05, 3.63) is 0 Å². The van der Waals surface area contributed by atoms with Gasteiger partial charge < -0.3 is 19.3 Å². The molecule has 4 unspecified atom stereocenters. The maximum Gasteiger partial charge on any atom is 0.161 e. The Morgan fingerprint density at radius 1 is 0.867 bits per heavy atom. The lowest BCUT2D eigenvalue weighted by Gasteiger charge is -2.26. The van der Waals surface area contributed by atoms with E-state index in [2.05, 4.69) is 0 Å². The first-order valence-corrected chi connectivity index (χ1v) is 5.13. The summed E-state index contributed by atoms with van der Waals surface area (Å²) in [4.78, 5) is 1.93. The predicted molar refractivity (Wildman–Crippen MR) is 57.0 cm³/mol. The molecule has 0 aromatic heterocycles. The van der Waals surface area contributed by atoms with Crippen molar-refractivity contribution in [2.24, 2.45) is 0 Å². The lowest BCUT2D eigenvalue weighted by atomic mass is 10.6. The van der Waals surface area contributed by atoms with E-state index in [-0.39, 0.29) is 12.5 Å². The Balaban J connectivity index is 3.77. The summed E-state index contributed by atoms with van der Waals surface area (Å²) in [5.74, 6) is 0. The quantitative estimate of drug-likeness (QED) is 0.649. The zero-order valence-corrected chi connectivity index (χ0v) is 10.4. The van der Waals surface area contributed by atoms with Crippen molar-refractivity contribution in [1.29, 1.82) is 0 Å². The minimum absolute atomic E-state index is 0.0289. The molecule has 0 aromatic carbocycles. The van der Waals surface area contributed by atoms with Crippen molar-refractivity contribution in [3.8, 4) is 0 Å². The van der Waals surface area contributed by atoms with Crippen LogP contribution in [-0.2, 0) is 14.2 Å². The minimum Gasteiger partial charge on any atom is -0.368 e. The highest BCUT2D eigenvalue weighted by molar-refractivity contribution is 4.46. The molecule has 0 radical (unpaired) electrons. The van der Waals surface area contributed by atoms with E-state index in [9.17, 15) is 0 Å². The second-order valence-corrected chi connectivity index (χ2v) is 3.71. The van der Waals surface area contributed by atoms with Gasteiger partial charge in [0.2, 0.25) is 0 Å². The van der Waals surface area contributed by atoms with Crippen molar-refractivity contribution in [3.63, 3.8) is 0 Å². The second kappa shape index (κ2) is 7.14. The fourth-order valence-electron chi connectivity index (χ4n) is 1.01. The molecule has 0 saturated heterocycles. The first-order valence-electron chi connectivity index (χ1n) is 5.13. The molecule has 0 aromatic rings. The highest BCUT2D eigenvalue weighted by Gasteiger charge is 2.14. The molecule has 15 heavy (non-hydrogen) atoms. The molecule has 5 heteroatoms. The van der Waals surface area contributed by atoms with Gasteiger partial charge in [0.1, 0.15) is 6.23 Å². The third kappa shape index (κ3) is 7.70. The molecular weight excluding hydrogens is 198 g/mol. The standard InChI is InChI=1S/C10H23NO4/c1-7(11(5)6)13-9(3)15-10(4)14-8(2)12/h7-10,12H,1-6H3. The summed E-state index contributed by atoms with van der Waals surface area (Å²) in [6.45, 7) is 6.97. The molecule has 0 bridgehead atoms. The van der Waals surface area contributed by atoms with Gasteiger partial charge in [-0.3, -0.25) is 4.90 Å². The lowest BCUT2D eigenvalue weighted by molar-refractivity contribution is -0.285. The van der Waals surface area contributed by atoms with Gasteiger partial charge in [0.15, 0.2) is 18.9 Å². The van der Waals surface area contributed by atoms with Gasteiger partial charge in [0.05, 0.1) is 0 Å². The molecule has 0 saturated carbocycles. The van der Waals surface area contributed by atoms with E-state index < -0.39 is 12.6 Å². The summed E-state index contributed by atoms with van der Waals surface area (Å²) in [7, 11) is 3.85. The molecule has 0 fully saturated rings. The van der Waals surface area contributed by atoms with Crippen LogP contribution in [0.3, 0.4) is 0 Å². The van der Waals surface area contributed by atoms with Crippen molar-refractivity contribution >= 4 is 0 Å². The van der Waals surface area contributed by atoms with Crippen LogP contribution < -0.4 is 0 Å². The van der Waals surface area contributed by atoms with Gasteiger partial charge in [-0.05, 0) is 41.8 Å². The van der Waals surface area contributed by atoms with Crippen LogP contribution in [0.2, 0.25) is 0 Å². The molecule has 0 heterocycles.